The molecule has 1 aliphatic heterocycles. The van der Waals surface area contributed by atoms with Crippen molar-refractivity contribution >= 4 is 17.3 Å². The maximum atomic E-state index is 12.9. The largest absolute Gasteiger partial charge is 0.490 e. The number of rotatable bonds is 9. The van der Waals surface area contributed by atoms with Crippen molar-refractivity contribution in [3.63, 3.8) is 0 Å². The minimum atomic E-state index is -0.221. The first-order chi connectivity index (χ1) is 15.0. The van der Waals surface area contributed by atoms with Crippen LogP contribution in [-0.2, 0) is 0 Å². The van der Waals surface area contributed by atoms with Gasteiger partial charge >= 0.3 is 0 Å². The van der Waals surface area contributed by atoms with Gasteiger partial charge < -0.3 is 29.3 Å². The number of quaternary nitrogens is 1. The molecule has 3 rings (SSSR count). The number of nitrogens with one attached hydrogen (secondary N) is 2. The summed E-state index contributed by atoms with van der Waals surface area (Å²) in [6.07, 6.45) is 0. The number of hydrogen-bond acceptors (Lipinski definition) is 5. The molecule has 0 aromatic heterocycles. The van der Waals surface area contributed by atoms with Crippen LogP contribution in [-0.4, -0.2) is 59.0 Å². The number of amides is 1. The van der Waals surface area contributed by atoms with Crippen molar-refractivity contribution in [2.75, 3.05) is 63.3 Å². The van der Waals surface area contributed by atoms with Crippen molar-refractivity contribution in [2.45, 2.75) is 20.8 Å². The van der Waals surface area contributed by atoms with Crippen LogP contribution in [0.2, 0.25) is 0 Å². The molecule has 1 aliphatic rings. The zero-order chi connectivity index (χ0) is 22.2. The van der Waals surface area contributed by atoms with Gasteiger partial charge in [0.1, 0.15) is 0 Å². The van der Waals surface area contributed by atoms with Crippen molar-refractivity contribution in [3.05, 3.63) is 42.0 Å². The predicted molar refractivity (Wildman–Crippen MR) is 123 cm³/mol. The summed E-state index contributed by atoms with van der Waals surface area (Å²) in [5.74, 6) is 1.32. The quantitative estimate of drug-likeness (QED) is 0.643. The van der Waals surface area contributed by atoms with E-state index in [2.05, 4.69) is 29.4 Å². The summed E-state index contributed by atoms with van der Waals surface area (Å²) in [5, 5.41) is 2.97. The van der Waals surface area contributed by atoms with E-state index in [-0.39, 0.29) is 5.91 Å². The first kappa shape index (κ1) is 22.7. The number of hydrogen-bond donors (Lipinski definition) is 2. The molecular formula is C24H34N3O4+. The smallest absolute Gasteiger partial charge is 0.255 e. The Bertz CT molecular complexity index is 835. The second kappa shape index (κ2) is 10.9. The molecule has 0 aliphatic carbocycles. The molecule has 1 fully saturated rings. The molecule has 7 heteroatoms. The van der Waals surface area contributed by atoms with Crippen LogP contribution in [0.4, 0.5) is 11.4 Å². The first-order valence-electron chi connectivity index (χ1n) is 11.1. The van der Waals surface area contributed by atoms with Crippen molar-refractivity contribution in [1.82, 2.24) is 0 Å². The fraction of sp³-hybridized carbons (Fsp3) is 0.458. The van der Waals surface area contributed by atoms with E-state index in [0.29, 0.717) is 42.6 Å². The zero-order valence-corrected chi connectivity index (χ0v) is 19.0. The van der Waals surface area contributed by atoms with Crippen LogP contribution in [0, 0.1) is 0 Å². The summed E-state index contributed by atoms with van der Waals surface area (Å²) in [6, 6.07) is 11.4. The fourth-order valence-corrected chi connectivity index (χ4v) is 3.63. The lowest BCUT2D eigenvalue weighted by Crippen LogP contribution is -3.12. The molecule has 31 heavy (non-hydrogen) atoms. The number of likely N-dealkylation sites (N-methyl/N-ethyl adjacent to an activating group) is 1. The summed E-state index contributed by atoms with van der Waals surface area (Å²) in [7, 11) is 2.23. The molecule has 0 atom stereocenters. The lowest BCUT2D eigenvalue weighted by Gasteiger charge is -2.31. The van der Waals surface area contributed by atoms with Crippen LogP contribution in [0.3, 0.4) is 0 Å². The molecule has 2 aromatic carbocycles. The number of ether oxygens (including phenoxy) is 3. The number of anilines is 2. The third kappa shape index (κ3) is 5.82. The number of nitrogens with zero attached hydrogens (tertiary/aromatic N) is 1. The van der Waals surface area contributed by atoms with Gasteiger partial charge in [-0.15, -0.1) is 0 Å². The minimum absolute atomic E-state index is 0.221. The van der Waals surface area contributed by atoms with E-state index in [1.54, 1.807) is 17.0 Å². The van der Waals surface area contributed by atoms with Gasteiger partial charge in [0.15, 0.2) is 11.5 Å². The van der Waals surface area contributed by atoms with Gasteiger partial charge in [-0.2, -0.15) is 0 Å². The minimum Gasteiger partial charge on any atom is -0.490 e. The second-order valence-corrected chi connectivity index (χ2v) is 7.55. The molecule has 0 spiro atoms. The van der Waals surface area contributed by atoms with Crippen LogP contribution in [0.25, 0.3) is 0 Å². The molecule has 168 valence electrons. The normalized spacial score (nSPS) is 14.3. The van der Waals surface area contributed by atoms with Gasteiger partial charge in [-0.25, -0.2) is 0 Å². The van der Waals surface area contributed by atoms with Crippen LogP contribution >= 0.6 is 0 Å². The predicted octanol–water partition coefficient (Wildman–Crippen LogP) is 2.47. The van der Waals surface area contributed by atoms with Crippen LogP contribution in [0.5, 0.6) is 17.2 Å². The van der Waals surface area contributed by atoms with Crippen molar-refractivity contribution in [2.24, 2.45) is 0 Å². The third-order valence-corrected chi connectivity index (χ3v) is 5.28. The highest BCUT2D eigenvalue weighted by molar-refractivity contribution is 6.05. The van der Waals surface area contributed by atoms with E-state index in [0.717, 1.165) is 31.9 Å². The van der Waals surface area contributed by atoms with E-state index in [1.807, 2.05) is 32.9 Å². The Hall–Kier alpha value is -2.93. The molecule has 1 heterocycles. The Morgan fingerprint density at radius 1 is 0.935 bits per heavy atom. The SMILES string of the molecule is CCOc1cc(C(=O)Nc2ccc(N3CC[NH+](C)CC3)cc2)cc(OCC)c1OCC. The lowest BCUT2D eigenvalue weighted by molar-refractivity contribution is -0.880. The fourth-order valence-electron chi connectivity index (χ4n) is 3.63. The molecule has 0 radical (unpaired) electrons. The van der Waals surface area contributed by atoms with E-state index in [9.17, 15) is 4.79 Å². The van der Waals surface area contributed by atoms with Crippen molar-refractivity contribution in [1.29, 1.82) is 0 Å². The average molecular weight is 429 g/mol. The Morgan fingerprint density at radius 3 is 2.00 bits per heavy atom. The standard InChI is InChI=1S/C24H33N3O4/c1-5-29-21-16-18(17-22(30-6-2)23(21)31-7-3)24(28)25-19-8-10-20(11-9-19)27-14-12-26(4)13-15-27/h8-11,16-17H,5-7,12-15H2,1-4H3,(H,25,28)/p+1. The lowest BCUT2D eigenvalue weighted by atomic mass is 10.1. The van der Waals surface area contributed by atoms with Crippen LogP contribution in [0.15, 0.2) is 36.4 Å². The highest BCUT2D eigenvalue weighted by Gasteiger charge is 2.19. The molecule has 2 N–H and O–H groups in total. The molecule has 0 bridgehead atoms. The van der Waals surface area contributed by atoms with Crippen LogP contribution < -0.4 is 29.3 Å². The molecule has 1 saturated heterocycles. The van der Waals surface area contributed by atoms with E-state index in [4.69, 9.17) is 14.2 Å². The number of piperazine rings is 1. The summed E-state index contributed by atoms with van der Waals surface area (Å²) >= 11 is 0. The van der Waals surface area contributed by atoms with Gasteiger partial charge in [0, 0.05) is 16.9 Å². The van der Waals surface area contributed by atoms with Crippen molar-refractivity contribution < 1.29 is 23.9 Å². The van der Waals surface area contributed by atoms with E-state index >= 15 is 0 Å². The summed E-state index contributed by atoms with van der Waals surface area (Å²) in [4.78, 5) is 16.9. The van der Waals surface area contributed by atoms with Gasteiger partial charge in [-0.1, -0.05) is 0 Å². The highest BCUT2D eigenvalue weighted by Crippen LogP contribution is 2.39. The maximum absolute atomic E-state index is 12.9. The molecule has 7 nitrogen and oxygen atoms in total. The third-order valence-electron chi connectivity index (χ3n) is 5.28. The van der Waals surface area contributed by atoms with Crippen LogP contribution in [0.1, 0.15) is 31.1 Å². The Balaban J connectivity index is 1.76. The van der Waals surface area contributed by atoms with Gasteiger partial charge in [0.05, 0.1) is 53.0 Å². The Labute approximate surface area is 184 Å². The van der Waals surface area contributed by atoms with E-state index < -0.39 is 0 Å². The molecule has 0 saturated carbocycles. The Morgan fingerprint density at radius 2 is 1.48 bits per heavy atom. The molecule has 1 amide bonds. The second-order valence-electron chi connectivity index (χ2n) is 7.55. The maximum Gasteiger partial charge on any atom is 0.255 e. The van der Waals surface area contributed by atoms with E-state index in [1.165, 1.54) is 5.69 Å². The van der Waals surface area contributed by atoms with Gasteiger partial charge in [-0.05, 0) is 57.2 Å². The molecular weight excluding hydrogens is 394 g/mol. The summed E-state index contributed by atoms with van der Waals surface area (Å²) in [6.45, 7) is 11.5. The average Bonchev–Trinajstić information content (AvgIpc) is 2.77. The van der Waals surface area contributed by atoms with Gasteiger partial charge in [0.25, 0.3) is 5.91 Å². The Kier molecular flexibility index (Phi) is 8.00. The topological polar surface area (TPSA) is 64.5 Å². The molecule has 2 aromatic rings. The van der Waals surface area contributed by atoms with Crippen molar-refractivity contribution in [3.8, 4) is 17.2 Å². The number of carbonyl (C=O) groups excluding carboxylic acids is 1. The summed E-state index contributed by atoms with van der Waals surface area (Å²) in [5.41, 5.74) is 2.39. The summed E-state index contributed by atoms with van der Waals surface area (Å²) < 4.78 is 17.1. The zero-order valence-electron chi connectivity index (χ0n) is 19.0. The van der Waals surface area contributed by atoms with Gasteiger partial charge in [-0.3, -0.25) is 4.79 Å². The highest BCUT2D eigenvalue weighted by atomic mass is 16.5. The monoisotopic (exact) mass is 428 g/mol. The molecule has 0 unspecified atom stereocenters. The number of carbonyl (C=O) groups is 1. The number of benzene rings is 2. The first-order valence-corrected chi connectivity index (χ1v) is 11.1. The van der Waals surface area contributed by atoms with Gasteiger partial charge in [0.2, 0.25) is 5.75 Å².